The molecular weight excluding hydrogens is 358 g/mol. The van der Waals surface area contributed by atoms with Crippen LogP contribution in [0.3, 0.4) is 0 Å². The van der Waals surface area contributed by atoms with Gasteiger partial charge in [0.05, 0.1) is 19.8 Å². The third kappa shape index (κ3) is 5.61. The Balaban J connectivity index is 0.00000576. The van der Waals surface area contributed by atoms with E-state index in [1.807, 2.05) is 20.8 Å². The number of amides is 1. The lowest BCUT2D eigenvalue weighted by Gasteiger charge is -2.33. The van der Waals surface area contributed by atoms with Crippen LogP contribution in [0.5, 0.6) is 17.2 Å². The predicted octanol–water partition coefficient (Wildman–Crippen LogP) is 2.83. The second-order valence-electron chi connectivity index (χ2n) is 5.82. The number of nitrogens with one attached hydrogen (secondary N) is 1. The van der Waals surface area contributed by atoms with E-state index in [2.05, 4.69) is 10.1 Å². The van der Waals surface area contributed by atoms with Crippen LogP contribution < -0.4 is 25.3 Å². The number of nitrogens with two attached hydrogens (primary N) is 1. The van der Waals surface area contributed by atoms with Crippen LogP contribution in [-0.2, 0) is 0 Å². The van der Waals surface area contributed by atoms with E-state index in [0.29, 0.717) is 0 Å². The molecule has 0 bridgehead atoms. The minimum atomic E-state index is -3.05. The Hall–Kier alpha value is -1.80. The average molecular weight is 383 g/mol. The van der Waals surface area contributed by atoms with Gasteiger partial charge in [-0.05, 0) is 25.0 Å². The van der Waals surface area contributed by atoms with Crippen LogP contribution in [-0.4, -0.2) is 38.8 Å². The third-order valence-electron chi connectivity index (χ3n) is 4.03. The molecule has 6 nitrogen and oxygen atoms in total. The maximum Gasteiger partial charge on any atom is 0.387 e. The van der Waals surface area contributed by atoms with Crippen molar-refractivity contribution in [2.45, 2.75) is 32.9 Å². The van der Waals surface area contributed by atoms with Gasteiger partial charge in [-0.2, -0.15) is 8.78 Å². The molecule has 0 spiro atoms. The summed E-state index contributed by atoms with van der Waals surface area (Å²) in [5, 5.41) is 2.86. The van der Waals surface area contributed by atoms with Gasteiger partial charge in [0, 0.05) is 12.1 Å². The zero-order valence-corrected chi connectivity index (χ0v) is 15.7. The van der Waals surface area contributed by atoms with E-state index in [-0.39, 0.29) is 47.7 Å². The molecule has 0 saturated heterocycles. The maximum atomic E-state index is 12.5. The lowest BCUT2D eigenvalue weighted by Crippen LogP contribution is -2.55. The fourth-order valence-electron chi connectivity index (χ4n) is 1.98. The molecule has 0 aliphatic heterocycles. The first-order chi connectivity index (χ1) is 11.2. The van der Waals surface area contributed by atoms with Crippen LogP contribution in [0.15, 0.2) is 12.1 Å². The summed E-state index contributed by atoms with van der Waals surface area (Å²) in [5.41, 5.74) is 5.33. The third-order valence-corrected chi connectivity index (χ3v) is 4.03. The lowest BCUT2D eigenvalue weighted by molar-refractivity contribution is -0.0526. The lowest BCUT2D eigenvalue weighted by atomic mass is 9.88. The van der Waals surface area contributed by atoms with Gasteiger partial charge in [-0.3, -0.25) is 4.79 Å². The van der Waals surface area contributed by atoms with Gasteiger partial charge in [0.15, 0.2) is 11.5 Å². The monoisotopic (exact) mass is 382 g/mol. The topological polar surface area (TPSA) is 82.8 Å². The quantitative estimate of drug-likeness (QED) is 0.722. The molecule has 0 saturated carbocycles. The molecule has 1 amide bonds. The van der Waals surface area contributed by atoms with Crippen molar-refractivity contribution < 1.29 is 27.8 Å². The van der Waals surface area contributed by atoms with Crippen molar-refractivity contribution in [1.82, 2.24) is 5.32 Å². The molecular formula is C16H25ClF2N2O4. The maximum absolute atomic E-state index is 12.5. The number of carbonyl (C=O) groups is 1. The fraction of sp³-hybridized carbons (Fsp3) is 0.562. The summed E-state index contributed by atoms with van der Waals surface area (Å²) < 4.78 is 39.6. The molecule has 0 aliphatic rings. The van der Waals surface area contributed by atoms with Crippen molar-refractivity contribution >= 4 is 18.3 Å². The van der Waals surface area contributed by atoms with Crippen molar-refractivity contribution in [3.63, 3.8) is 0 Å². The molecule has 0 aromatic heterocycles. The zero-order chi connectivity index (χ0) is 18.5. The minimum Gasteiger partial charge on any atom is -0.493 e. The number of alkyl halides is 2. The number of hydrogen-bond acceptors (Lipinski definition) is 5. The first-order valence-corrected chi connectivity index (χ1v) is 7.42. The Morgan fingerprint density at radius 3 is 2.04 bits per heavy atom. The smallest absolute Gasteiger partial charge is 0.387 e. The fourth-order valence-corrected chi connectivity index (χ4v) is 1.98. The van der Waals surface area contributed by atoms with E-state index < -0.39 is 18.1 Å². The number of methoxy groups -OCH3 is 2. The van der Waals surface area contributed by atoms with E-state index in [1.54, 1.807) is 0 Å². The summed E-state index contributed by atoms with van der Waals surface area (Å²) in [6.45, 7) is 2.91. The molecule has 0 heterocycles. The van der Waals surface area contributed by atoms with Crippen molar-refractivity contribution in [3.8, 4) is 17.2 Å². The van der Waals surface area contributed by atoms with E-state index in [9.17, 15) is 13.6 Å². The molecule has 0 aliphatic carbocycles. The van der Waals surface area contributed by atoms with Gasteiger partial charge < -0.3 is 25.3 Å². The van der Waals surface area contributed by atoms with Crippen LogP contribution in [0, 0.1) is 5.92 Å². The summed E-state index contributed by atoms with van der Waals surface area (Å²) in [5.74, 6) is -0.650. The van der Waals surface area contributed by atoms with E-state index >= 15 is 0 Å². The molecule has 1 rings (SSSR count). The van der Waals surface area contributed by atoms with Gasteiger partial charge in [-0.25, -0.2) is 0 Å². The summed E-state index contributed by atoms with van der Waals surface area (Å²) >= 11 is 0. The Kier molecular flexibility index (Phi) is 8.93. The molecule has 144 valence electrons. The van der Waals surface area contributed by atoms with Gasteiger partial charge in [0.25, 0.3) is 5.91 Å². The predicted molar refractivity (Wildman–Crippen MR) is 93.2 cm³/mol. The zero-order valence-electron chi connectivity index (χ0n) is 14.9. The van der Waals surface area contributed by atoms with Crippen molar-refractivity contribution in [2.24, 2.45) is 11.7 Å². The SMILES string of the molecule is COc1cc(C(=O)NC(C)(CN)C(C)C)cc(OC)c1OC(F)F.Cl. The summed E-state index contributed by atoms with van der Waals surface area (Å²) in [4.78, 5) is 12.5. The highest BCUT2D eigenvalue weighted by atomic mass is 35.5. The van der Waals surface area contributed by atoms with Crippen LogP contribution >= 0.6 is 12.4 Å². The van der Waals surface area contributed by atoms with Crippen LogP contribution in [0.4, 0.5) is 8.78 Å². The van der Waals surface area contributed by atoms with E-state index in [1.165, 1.54) is 26.4 Å². The van der Waals surface area contributed by atoms with Gasteiger partial charge in [-0.15, -0.1) is 12.4 Å². The first-order valence-electron chi connectivity index (χ1n) is 7.42. The van der Waals surface area contributed by atoms with Crippen LogP contribution in [0.1, 0.15) is 31.1 Å². The van der Waals surface area contributed by atoms with Crippen LogP contribution in [0.2, 0.25) is 0 Å². The molecule has 0 fully saturated rings. The Morgan fingerprint density at radius 1 is 1.24 bits per heavy atom. The first kappa shape index (κ1) is 23.2. The number of halogens is 3. The molecule has 9 heteroatoms. The highest BCUT2D eigenvalue weighted by Gasteiger charge is 2.30. The molecule has 1 aromatic carbocycles. The summed E-state index contributed by atoms with van der Waals surface area (Å²) in [6.07, 6.45) is 0. The highest BCUT2D eigenvalue weighted by molar-refractivity contribution is 5.96. The Morgan fingerprint density at radius 2 is 1.72 bits per heavy atom. The molecule has 1 atom stereocenters. The molecule has 3 N–H and O–H groups in total. The standard InChI is InChI=1S/C16H24F2N2O4.ClH/c1-9(2)16(3,8-19)20-14(21)10-6-11(22-4)13(24-15(17)18)12(7-10)23-5;/h6-7,9,15H,8,19H2,1-5H3,(H,20,21);1H. The summed E-state index contributed by atoms with van der Waals surface area (Å²) in [7, 11) is 2.57. The number of rotatable bonds is 8. The van der Waals surface area contributed by atoms with Gasteiger partial charge in [-0.1, -0.05) is 13.8 Å². The highest BCUT2D eigenvalue weighted by Crippen LogP contribution is 2.39. The van der Waals surface area contributed by atoms with Crippen molar-refractivity contribution in [1.29, 1.82) is 0 Å². The number of benzene rings is 1. The molecule has 1 aromatic rings. The van der Waals surface area contributed by atoms with Gasteiger partial charge in [0.1, 0.15) is 0 Å². The molecule has 0 radical (unpaired) electrons. The van der Waals surface area contributed by atoms with Crippen molar-refractivity contribution in [2.75, 3.05) is 20.8 Å². The number of hydrogen-bond donors (Lipinski definition) is 2. The van der Waals surface area contributed by atoms with E-state index in [0.717, 1.165) is 0 Å². The number of carbonyl (C=O) groups excluding carboxylic acids is 1. The van der Waals surface area contributed by atoms with Gasteiger partial charge >= 0.3 is 6.61 Å². The number of ether oxygens (including phenoxy) is 3. The van der Waals surface area contributed by atoms with E-state index in [4.69, 9.17) is 15.2 Å². The summed E-state index contributed by atoms with van der Waals surface area (Å²) in [6, 6.07) is 2.62. The molecule has 25 heavy (non-hydrogen) atoms. The Bertz CT molecular complexity index is 562. The second-order valence-corrected chi connectivity index (χ2v) is 5.82. The van der Waals surface area contributed by atoms with Crippen LogP contribution in [0.25, 0.3) is 0 Å². The average Bonchev–Trinajstić information content (AvgIpc) is 2.53. The van der Waals surface area contributed by atoms with Gasteiger partial charge in [0.2, 0.25) is 5.75 Å². The Labute approximate surface area is 152 Å². The second kappa shape index (κ2) is 9.62. The largest absolute Gasteiger partial charge is 0.493 e. The molecule has 1 unspecified atom stereocenters. The normalized spacial score (nSPS) is 13.0. The van der Waals surface area contributed by atoms with Crippen molar-refractivity contribution in [3.05, 3.63) is 17.7 Å². The minimum absolute atomic E-state index is 0.